The molecule has 0 saturated heterocycles. The predicted octanol–water partition coefficient (Wildman–Crippen LogP) is -1.63. The first-order chi connectivity index (χ1) is 9.56. The van der Waals surface area contributed by atoms with E-state index in [2.05, 4.69) is 15.0 Å². The minimum atomic E-state index is -1.43. The van der Waals surface area contributed by atoms with Crippen LogP contribution in [0.5, 0.6) is 0 Å². The molecule has 2 aromatic rings. The number of ether oxygens (including phenoxy) is 1. The number of nitrogen functional groups attached to an aromatic ring is 1. The van der Waals surface area contributed by atoms with E-state index in [1.54, 1.807) is 0 Å². The summed E-state index contributed by atoms with van der Waals surface area (Å²) < 4.78 is 18.8. The Kier molecular flexibility index (Phi) is 4.27. The van der Waals surface area contributed by atoms with E-state index in [-0.39, 0.29) is 23.8 Å². The highest BCUT2D eigenvalue weighted by atomic mass is 19.1. The molecule has 0 aliphatic rings. The van der Waals surface area contributed by atoms with Gasteiger partial charge in [0.1, 0.15) is 25.6 Å². The Bertz CT molecular complexity index is 642. The van der Waals surface area contributed by atoms with E-state index in [0.29, 0.717) is 0 Å². The number of imidazole rings is 1. The number of fused-ring (bicyclic) bond motifs is 1. The maximum absolute atomic E-state index is 12.3. The molecule has 0 aliphatic heterocycles. The van der Waals surface area contributed by atoms with E-state index >= 15 is 0 Å². The first kappa shape index (κ1) is 14.4. The van der Waals surface area contributed by atoms with Gasteiger partial charge in [-0.05, 0) is 0 Å². The zero-order valence-electron chi connectivity index (χ0n) is 10.4. The Morgan fingerprint density at radius 3 is 3.00 bits per heavy atom. The molecule has 9 nitrogen and oxygen atoms in total. The fourth-order valence-corrected chi connectivity index (χ4v) is 1.63. The molecular weight excluding hydrogens is 273 g/mol. The highest BCUT2D eigenvalue weighted by Gasteiger charge is 2.19. The molecule has 0 amide bonds. The van der Waals surface area contributed by atoms with Gasteiger partial charge < -0.3 is 20.7 Å². The number of rotatable bonds is 6. The molecule has 110 valence electrons. The summed E-state index contributed by atoms with van der Waals surface area (Å²) in [5.74, 6) is -0.0771. The minimum Gasteiger partial charge on any atom is -0.394 e. The normalized spacial score (nSPS) is 14.6. The van der Waals surface area contributed by atoms with Crippen LogP contribution in [-0.2, 0) is 11.5 Å². The lowest BCUT2D eigenvalue weighted by Crippen LogP contribution is -2.34. The number of nitrogens with two attached hydrogens (primary N) is 1. The van der Waals surface area contributed by atoms with Gasteiger partial charge >= 0.3 is 0 Å². The van der Waals surface area contributed by atoms with E-state index in [0.717, 1.165) is 0 Å². The van der Waals surface area contributed by atoms with Crippen molar-refractivity contribution in [2.45, 2.75) is 18.9 Å². The van der Waals surface area contributed by atoms with Gasteiger partial charge in [0.25, 0.3) is 5.56 Å². The number of nitrogens with one attached hydrogen (secondary N) is 1. The number of nitrogens with zero attached hydrogens (tertiary/aromatic N) is 3. The van der Waals surface area contributed by atoms with Crippen molar-refractivity contribution in [2.24, 2.45) is 0 Å². The molecule has 2 heterocycles. The summed E-state index contributed by atoms with van der Waals surface area (Å²) in [6.07, 6.45) is -1.23. The lowest BCUT2D eigenvalue weighted by Gasteiger charge is -2.19. The number of H-pyrrole nitrogens is 1. The Labute approximate surface area is 111 Å². The molecule has 0 saturated carbocycles. The van der Waals surface area contributed by atoms with Crippen LogP contribution in [0.3, 0.4) is 0 Å². The van der Waals surface area contributed by atoms with Gasteiger partial charge in [-0.3, -0.25) is 14.3 Å². The van der Waals surface area contributed by atoms with Crippen LogP contribution in [-0.4, -0.2) is 55.2 Å². The summed E-state index contributed by atoms with van der Waals surface area (Å²) in [5.41, 5.74) is 5.21. The summed E-state index contributed by atoms with van der Waals surface area (Å²) in [5, 5.41) is 18.3. The largest absolute Gasteiger partial charge is 0.394 e. The molecule has 0 aromatic carbocycles. The van der Waals surface area contributed by atoms with Gasteiger partial charge in [-0.15, -0.1) is 0 Å². The molecule has 0 fully saturated rings. The van der Waals surface area contributed by atoms with Crippen molar-refractivity contribution in [2.75, 3.05) is 19.0 Å². The van der Waals surface area contributed by atoms with Crippen molar-refractivity contribution >= 4 is 17.1 Å². The maximum atomic E-state index is 12.3. The second-order valence-electron chi connectivity index (χ2n) is 4.08. The van der Waals surface area contributed by atoms with E-state index in [4.69, 9.17) is 15.6 Å². The third-order valence-corrected chi connectivity index (χ3v) is 2.69. The standard InChI is InChI=1S/C10H14FN5O4/c11-1-5(18)6(2-17)20-4-16-3-13-7-8(16)14-10(12)15-9(7)19/h3,5-6,17-18H,1-2,4H2,(H3,12,14,15,19)/t5?,6-/m1/s1. The van der Waals surface area contributed by atoms with Crippen molar-refractivity contribution < 1.29 is 19.3 Å². The summed E-state index contributed by atoms with van der Waals surface area (Å²) in [4.78, 5) is 21.6. The van der Waals surface area contributed by atoms with Gasteiger partial charge in [0.05, 0.1) is 12.9 Å². The first-order valence-electron chi connectivity index (χ1n) is 5.74. The van der Waals surface area contributed by atoms with E-state index < -0.39 is 31.0 Å². The molecule has 0 aliphatic carbocycles. The smallest absolute Gasteiger partial charge is 0.280 e. The number of halogens is 1. The van der Waals surface area contributed by atoms with Gasteiger partial charge in [-0.25, -0.2) is 9.37 Å². The summed E-state index contributed by atoms with van der Waals surface area (Å²) >= 11 is 0. The molecule has 2 rings (SSSR count). The van der Waals surface area contributed by atoms with Crippen molar-refractivity contribution in [3.8, 4) is 0 Å². The third-order valence-electron chi connectivity index (χ3n) is 2.69. The second-order valence-corrected chi connectivity index (χ2v) is 4.08. The molecule has 0 spiro atoms. The Morgan fingerprint density at radius 2 is 2.35 bits per heavy atom. The minimum absolute atomic E-state index is 0.0771. The molecule has 5 N–H and O–H groups in total. The maximum Gasteiger partial charge on any atom is 0.280 e. The van der Waals surface area contributed by atoms with Crippen LogP contribution < -0.4 is 11.3 Å². The summed E-state index contributed by atoms with van der Waals surface area (Å²) in [6, 6.07) is 0. The Morgan fingerprint density at radius 1 is 1.60 bits per heavy atom. The Balaban J connectivity index is 2.20. The zero-order valence-corrected chi connectivity index (χ0v) is 10.4. The number of aliphatic hydroxyl groups is 2. The number of aliphatic hydroxyl groups excluding tert-OH is 2. The van der Waals surface area contributed by atoms with Crippen molar-refractivity contribution in [3.63, 3.8) is 0 Å². The fourth-order valence-electron chi connectivity index (χ4n) is 1.63. The number of alkyl halides is 1. The lowest BCUT2D eigenvalue weighted by molar-refractivity contribution is -0.0919. The van der Waals surface area contributed by atoms with E-state index in [1.165, 1.54) is 10.9 Å². The number of hydrogen-bond donors (Lipinski definition) is 4. The molecular formula is C10H14FN5O4. The Hall–Kier alpha value is -2.04. The molecule has 1 unspecified atom stereocenters. The van der Waals surface area contributed by atoms with Crippen LogP contribution in [0, 0.1) is 0 Å². The number of aromatic nitrogens is 4. The molecule has 0 radical (unpaired) electrons. The first-order valence-corrected chi connectivity index (χ1v) is 5.74. The molecule has 2 aromatic heterocycles. The van der Waals surface area contributed by atoms with Crippen molar-refractivity contribution in [1.29, 1.82) is 0 Å². The van der Waals surface area contributed by atoms with Crippen molar-refractivity contribution in [1.82, 2.24) is 19.5 Å². The number of aromatic amines is 1. The SMILES string of the molecule is Nc1nc2c(ncn2CO[C@H](CO)C(O)CF)c(=O)[nH]1. The summed E-state index contributed by atoms with van der Waals surface area (Å²) in [7, 11) is 0. The topological polar surface area (TPSA) is 139 Å². The predicted molar refractivity (Wildman–Crippen MR) is 66.5 cm³/mol. The van der Waals surface area contributed by atoms with Crippen LogP contribution >= 0.6 is 0 Å². The van der Waals surface area contributed by atoms with Crippen molar-refractivity contribution in [3.05, 3.63) is 16.7 Å². The van der Waals surface area contributed by atoms with Gasteiger partial charge in [0, 0.05) is 0 Å². The fraction of sp³-hybridized carbons (Fsp3) is 0.500. The van der Waals surface area contributed by atoms with Crippen LogP contribution in [0.1, 0.15) is 0 Å². The number of anilines is 1. The van der Waals surface area contributed by atoms with E-state index in [9.17, 15) is 14.3 Å². The third kappa shape index (κ3) is 2.76. The average molecular weight is 287 g/mol. The molecule has 10 heteroatoms. The van der Waals surface area contributed by atoms with Gasteiger partial charge in [0.15, 0.2) is 11.2 Å². The van der Waals surface area contributed by atoms with Gasteiger partial charge in [0.2, 0.25) is 5.95 Å². The van der Waals surface area contributed by atoms with Gasteiger partial charge in [-0.2, -0.15) is 4.98 Å². The highest BCUT2D eigenvalue weighted by molar-refractivity contribution is 5.70. The summed E-state index contributed by atoms with van der Waals surface area (Å²) in [6.45, 7) is -1.76. The van der Waals surface area contributed by atoms with Gasteiger partial charge in [-0.1, -0.05) is 0 Å². The molecule has 0 bridgehead atoms. The van der Waals surface area contributed by atoms with Crippen LogP contribution in [0.25, 0.3) is 11.2 Å². The lowest BCUT2D eigenvalue weighted by atomic mass is 10.2. The van der Waals surface area contributed by atoms with Crippen LogP contribution in [0.2, 0.25) is 0 Å². The monoisotopic (exact) mass is 287 g/mol. The molecule has 20 heavy (non-hydrogen) atoms. The number of hydrogen-bond acceptors (Lipinski definition) is 7. The second kappa shape index (κ2) is 5.94. The van der Waals surface area contributed by atoms with E-state index in [1.807, 2.05) is 0 Å². The average Bonchev–Trinajstić information content (AvgIpc) is 2.82. The van der Waals surface area contributed by atoms with Crippen LogP contribution in [0.4, 0.5) is 10.3 Å². The zero-order chi connectivity index (χ0) is 14.7. The quantitative estimate of drug-likeness (QED) is 0.500. The van der Waals surface area contributed by atoms with Crippen LogP contribution in [0.15, 0.2) is 11.1 Å². The highest BCUT2D eigenvalue weighted by Crippen LogP contribution is 2.08. The molecule has 2 atom stereocenters.